The normalized spacial score (nSPS) is 20.1. The molecule has 1 saturated heterocycles. The second kappa shape index (κ2) is 10.6. The number of carbonyl (C=O) groups excluding carboxylic acids is 2. The Hall–Kier alpha value is -1.83. The lowest BCUT2D eigenvalue weighted by atomic mass is 9.85. The molecule has 0 aromatic rings. The maximum absolute atomic E-state index is 12.7. The predicted molar refractivity (Wildman–Crippen MR) is 112 cm³/mol. The van der Waals surface area contributed by atoms with Crippen molar-refractivity contribution in [3.63, 3.8) is 0 Å². The third-order valence-electron chi connectivity index (χ3n) is 5.84. The van der Waals surface area contributed by atoms with Crippen LogP contribution in [0.4, 0.5) is 0 Å². The van der Waals surface area contributed by atoms with Crippen LogP contribution in [0.5, 0.6) is 0 Å². The van der Waals surface area contributed by atoms with E-state index in [0.29, 0.717) is 6.54 Å². The molecule has 0 spiro atoms. The minimum Gasteiger partial charge on any atom is -0.357 e. The van der Waals surface area contributed by atoms with Gasteiger partial charge >= 0.3 is 0 Å². The van der Waals surface area contributed by atoms with Crippen molar-refractivity contribution in [3.8, 4) is 0 Å². The standard InChI is InChI=1S/C20H38N6O2/c1-5-21-19(22-10-11-25-12-14-26(15-13-25)17(2)27)23-16-20(8-6-7-9-20)18(28)24(3)4/h5-16H2,1-4H3,(H2,21,22,23). The predicted octanol–water partition coefficient (Wildman–Crippen LogP) is 0.354. The molecule has 0 aromatic carbocycles. The van der Waals surface area contributed by atoms with E-state index in [-0.39, 0.29) is 17.2 Å². The van der Waals surface area contributed by atoms with E-state index in [1.165, 1.54) is 0 Å². The van der Waals surface area contributed by atoms with Crippen molar-refractivity contribution in [2.75, 3.05) is 66.5 Å². The maximum Gasteiger partial charge on any atom is 0.230 e. The van der Waals surface area contributed by atoms with E-state index in [2.05, 4.69) is 22.5 Å². The highest BCUT2D eigenvalue weighted by Crippen LogP contribution is 2.39. The summed E-state index contributed by atoms with van der Waals surface area (Å²) in [5.41, 5.74) is -0.338. The molecule has 1 heterocycles. The average molecular weight is 395 g/mol. The molecule has 8 heteroatoms. The summed E-state index contributed by atoms with van der Waals surface area (Å²) in [7, 11) is 3.67. The number of nitrogens with one attached hydrogen (secondary N) is 2. The third kappa shape index (κ3) is 6.09. The fraction of sp³-hybridized carbons (Fsp3) is 0.850. The zero-order valence-electron chi connectivity index (χ0n) is 18.1. The van der Waals surface area contributed by atoms with Crippen molar-refractivity contribution < 1.29 is 9.59 Å². The number of guanidine groups is 1. The van der Waals surface area contributed by atoms with Crippen LogP contribution in [-0.2, 0) is 9.59 Å². The van der Waals surface area contributed by atoms with Gasteiger partial charge in [-0.2, -0.15) is 0 Å². The lowest BCUT2D eigenvalue weighted by Gasteiger charge is -2.34. The van der Waals surface area contributed by atoms with Gasteiger partial charge in [-0.05, 0) is 19.8 Å². The number of nitrogens with zero attached hydrogens (tertiary/aromatic N) is 4. The summed E-state index contributed by atoms with van der Waals surface area (Å²) in [6.07, 6.45) is 4.05. The van der Waals surface area contributed by atoms with Crippen molar-refractivity contribution in [3.05, 3.63) is 0 Å². The zero-order valence-corrected chi connectivity index (χ0v) is 18.1. The largest absolute Gasteiger partial charge is 0.357 e. The molecule has 2 aliphatic rings. The van der Waals surface area contributed by atoms with E-state index >= 15 is 0 Å². The van der Waals surface area contributed by atoms with E-state index in [1.54, 1.807) is 11.8 Å². The Morgan fingerprint density at radius 3 is 2.25 bits per heavy atom. The van der Waals surface area contributed by atoms with E-state index in [1.807, 2.05) is 19.0 Å². The topological polar surface area (TPSA) is 80.3 Å². The molecule has 2 fully saturated rings. The Kier molecular flexibility index (Phi) is 8.54. The van der Waals surface area contributed by atoms with Crippen LogP contribution in [0, 0.1) is 5.41 Å². The van der Waals surface area contributed by atoms with Crippen LogP contribution < -0.4 is 10.6 Å². The summed E-state index contributed by atoms with van der Waals surface area (Å²) in [4.78, 5) is 34.9. The van der Waals surface area contributed by atoms with Crippen molar-refractivity contribution in [1.82, 2.24) is 25.3 Å². The summed E-state index contributed by atoms with van der Waals surface area (Å²) in [5, 5.41) is 6.70. The van der Waals surface area contributed by atoms with Gasteiger partial charge in [-0.15, -0.1) is 0 Å². The van der Waals surface area contributed by atoms with Crippen LogP contribution in [0.2, 0.25) is 0 Å². The lowest BCUT2D eigenvalue weighted by Crippen LogP contribution is -2.50. The quantitative estimate of drug-likeness (QED) is 0.481. The van der Waals surface area contributed by atoms with Gasteiger partial charge in [0.25, 0.3) is 0 Å². The molecular weight excluding hydrogens is 356 g/mol. The smallest absolute Gasteiger partial charge is 0.230 e. The number of rotatable bonds is 7. The molecule has 0 atom stereocenters. The monoisotopic (exact) mass is 394 g/mol. The van der Waals surface area contributed by atoms with Gasteiger partial charge in [0.1, 0.15) is 0 Å². The molecule has 0 radical (unpaired) electrons. The molecule has 0 unspecified atom stereocenters. The minimum absolute atomic E-state index is 0.160. The Balaban J connectivity index is 1.85. The number of hydrogen-bond acceptors (Lipinski definition) is 4. The highest BCUT2D eigenvalue weighted by Gasteiger charge is 2.42. The number of aliphatic imine (C=N–C) groups is 1. The van der Waals surface area contributed by atoms with E-state index in [4.69, 9.17) is 4.99 Å². The summed E-state index contributed by atoms with van der Waals surface area (Å²) in [6.45, 7) is 10.2. The molecule has 0 bridgehead atoms. The Bertz CT molecular complexity index is 549. The van der Waals surface area contributed by atoms with Crippen LogP contribution in [-0.4, -0.2) is 98.9 Å². The maximum atomic E-state index is 12.7. The van der Waals surface area contributed by atoms with Gasteiger partial charge in [-0.1, -0.05) is 12.8 Å². The van der Waals surface area contributed by atoms with E-state index in [9.17, 15) is 9.59 Å². The molecular formula is C20H38N6O2. The number of amides is 2. The molecule has 8 nitrogen and oxygen atoms in total. The number of piperazine rings is 1. The number of hydrogen-bond donors (Lipinski definition) is 2. The van der Waals surface area contributed by atoms with Crippen molar-refractivity contribution in [2.24, 2.45) is 10.4 Å². The lowest BCUT2D eigenvalue weighted by molar-refractivity contribution is -0.138. The second-order valence-electron chi connectivity index (χ2n) is 8.16. The summed E-state index contributed by atoms with van der Waals surface area (Å²) in [5.74, 6) is 1.14. The van der Waals surface area contributed by atoms with Crippen LogP contribution in [0.15, 0.2) is 4.99 Å². The van der Waals surface area contributed by atoms with Crippen LogP contribution in [0.1, 0.15) is 39.5 Å². The first kappa shape index (κ1) is 22.5. The Morgan fingerprint density at radius 2 is 1.71 bits per heavy atom. The Morgan fingerprint density at radius 1 is 1.07 bits per heavy atom. The molecule has 28 heavy (non-hydrogen) atoms. The molecule has 2 N–H and O–H groups in total. The SMILES string of the molecule is CCNC(=NCC1(C(=O)N(C)C)CCCC1)NCCN1CCN(C(C)=O)CC1. The third-order valence-corrected chi connectivity index (χ3v) is 5.84. The van der Waals surface area contributed by atoms with Crippen LogP contribution >= 0.6 is 0 Å². The fourth-order valence-electron chi connectivity index (χ4n) is 4.16. The first-order valence-electron chi connectivity index (χ1n) is 10.6. The van der Waals surface area contributed by atoms with Gasteiger partial charge in [-0.3, -0.25) is 19.5 Å². The molecule has 2 amide bonds. The Labute approximate surface area is 169 Å². The molecule has 1 aliphatic carbocycles. The van der Waals surface area contributed by atoms with Gasteiger partial charge in [0.15, 0.2) is 5.96 Å². The van der Waals surface area contributed by atoms with Crippen molar-refractivity contribution in [1.29, 1.82) is 0 Å². The molecule has 1 saturated carbocycles. The summed E-state index contributed by atoms with van der Waals surface area (Å²) in [6, 6.07) is 0. The summed E-state index contributed by atoms with van der Waals surface area (Å²) >= 11 is 0. The molecule has 0 aromatic heterocycles. The van der Waals surface area contributed by atoms with Crippen LogP contribution in [0.3, 0.4) is 0 Å². The van der Waals surface area contributed by atoms with E-state index < -0.39 is 0 Å². The van der Waals surface area contributed by atoms with Crippen LogP contribution in [0.25, 0.3) is 0 Å². The van der Waals surface area contributed by atoms with E-state index in [0.717, 1.165) is 77.5 Å². The average Bonchev–Trinajstić information content (AvgIpc) is 3.16. The highest BCUT2D eigenvalue weighted by atomic mass is 16.2. The van der Waals surface area contributed by atoms with Crippen molar-refractivity contribution >= 4 is 17.8 Å². The molecule has 2 rings (SSSR count). The molecule has 1 aliphatic heterocycles. The van der Waals surface area contributed by atoms with Crippen molar-refractivity contribution in [2.45, 2.75) is 39.5 Å². The zero-order chi connectivity index (χ0) is 20.6. The summed E-state index contributed by atoms with van der Waals surface area (Å²) < 4.78 is 0. The second-order valence-corrected chi connectivity index (χ2v) is 8.16. The minimum atomic E-state index is -0.338. The fourth-order valence-corrected chi connectivity index (χ4v) is 4.16. The highest BCUT2D eigenvalue weighted by molar-refractivity contribution is 5.84. The van der Waals surface area contributed by atoms with Gasteiger partial charge in [0.2, 0.25) is 11.8 Å². The van der Waals surface area contributed by atoms with Gasteiger partial charge in [-0.25, -0.2) is 0 Å². The molecule has 160 valence electrons. The van der Waals surface area contributed by atoms with Gasteiger partial charge in [0.05, 0.1) is 12.0 Å². The van der Waals surface area contributed by atoms with Gasteiger partial charge in [0, 0.05) is 66.8 Å². The van der Waals surface area contributed by atoms with Gasteiger partial charge < -0.3 is 20.4 Å². The first-order valence-corrected chi connectivity index (χ1v) is 10.6. The number of carbonyl (C=O) groups is 2. The first-order chi connectivity index (χ1) is 13.4.